The number of benzene rings is 1. The number of amides is 1. The molecule has 4 nitrogen and oxygen atoms in total. The first kappa shape index (κ1) is 18.3. The van der Waals surface area contributed by atoms with Crippen molar-refractivity contribution >= 4 is 28.6 Å². The largest absolute Gasteiger partial charge is 0.351 e. The normalized spacial score (nSPS) is 12.4. The third-order valence-corrected chi connectivity index (χ3v) is 7.25. The van der Waals surface area contributed by atoms with Gasteiger partial charge in [0.25, 0.3) is 5.91 Å². The van der Waals surface area contributed by atoms with Crippen molar-refractivity contribution in [2.75, 3.05) is 6.54 Å². The average Bonchev–Trinajstić information content (AvgIpc) is 3.47. The fourth-order valence-corrected chi connectivity index (χ4v) is 5.87. The number of aryl methyl sites for hydroxylation is 2. The van der Waals surface area contributed by atoms with Gasteiger partial charge in [0.1, 0.15) is 0 Å². The molecule has 3 heterocycles. The van der Waals surface area contributed by atoms with Gasteiger partial charge in [0.15, 0.2) is 0 Å². The maximum atomic E-state index is 12.7. The Hall–Kier alpha value is -2.70. The van der Waals surface area contributed by atoms with E-state index in [9.17, 15) is 4.79 Å². The van der Waals surface area contributed by atoms with Crippen LogP contribution in [0.4, 0.5) is 0 Å². The molecule has 1 aliphatic carbocycles. The fraction of sp³-hybridized carbons (Fsp3) is 0.217. The molecular weight excluding hydrogens is 398 g/mol. The van der Waals surface area contributed by atoms with Crippen molar-refractivity contribution in [1.82, 2.24) is 15.1 Å². The van der Waals surface area contributed by atoms with Crippen LogP contribution in [-0.4, -0.2) is 22.2 Å². The molecule has 0 bridgehead atoms. The number of hydrogen-bond donors (Lipinski definition) is 1. The average molecular weight is 420 g/mol. The minimum atomic E-state index is 0.0225. The van der Waals surface area contributed by atoms with E-state index >= 15 is 0 Å². The molecule has 0 spiro atoms. The standard InChI is InChI=1S/C23H21N3OS2/c1-15-21-19(26(25-15)18-5-3-2-4-6-18)8-7-17-13-20(29-22(17)21)23(27)24-11-9-16-10-12-28-14-16/h2-6,10,12-14H,7-9,11H2,1H3,(H,24,27). The van der Waals surface area contributed by atoms with E-state index < -0.39 is 0 Å². The summed E-state index contributed by atoms with van der Waals surface area (Å²) in [7, 11) is 0. The predicted octanol–water partition coefficient (Wildman–Crippen LogP) is 5.04. The Balaban J connectivity index is 1.40. The van der Waals surface area contributed by atoms with Gasteiger partial charge in [-0.2, -0.15) is 16.4 Å². The zero-order valence-corrected chi connectivity index (χ0v) is 17.8. The molecule has 1 N–H and O–H groups in total. The van der Waals surface area contributed by atoms with E-state index in [0.717, 1.165) is 35.5 Å². The van der Waals surface area contributed by atoms with Gasteiger partial charge in [-0.05, 0) is 72.3 Å². The van der Waals surface area contributed by atoms with Crippen LogP contribution in [-0.2, 0) is 19.3 Å². The zero-order valence-electron chi connectivity index (χ0n) is 16.1. The molecule has 1 aromatic carbocycles. The minimum absolute atomic E-state index is 0.0225. The number of nitrogens with zero attached hydrogens (tertiary/aromatic N) is 2. The number of rotatable bonds is 5. The van der Waals surface area contributed by atoms with Gasteiger partial charge < -0.3 is 5.32 Å². The molecule has 29 heavy (non-hydrogen) atoms. The molecule has 0 unspecified atom stereocenters. The maximum absolute atomic E-state index is 12.7. The van der Waals surface area contributed by atoms with Crippen LogP contribution in [0.1, 0.15) is 32.2 Å². The first-order chi connectivity index (χ1) is 14.2. The summed E-state index contributed by atoms with van der Waals surface area (Å²) in [6.07, 6.45) is 2.75. The third kappa shape index (κ3) is 3.43. The summed E-state index contributed by atoms with van der Waals surface area (Å²) in [4.78, 5) is 14.7. The second-order valence-corrected chi connectivity index (χ2v) is 9.09. The number of para-hydroxylation sites is 1. The monoisotopic (exact) mass is 419 g/mol. The zero-order chi connectivity index (χ0) is 19.8. The maximum Gasteiger partial charge on any atom is 0.261 e. The first-order valence-electron chi connectivity index (χ1n) is 9.77. The van der Waals surface area contributed by atoms with Gasteiger partial charge in [0.2, 0.25) is 0 Å². The lowest BCUT2D eigenvalue weighted by Crippen LogP contribution is -2.24. The smallest absolute Gasteiger partial charge is 0.261 e. The number of carbonyl (C=O) groups excluding carboxylic acids is 1. The number of aromatic nitrogens is 2. The van der Waals surface area contributed by atoms with Crippen LogP contribution in [0.5, 0.6) is 0 Å². The van der Waals surface area contributed by atoms with Crippen LogP contribution >= 0.6 is 22.7 Å². The van der Waals surface area contributed by atoms with Gasteiger partial charge in [-0.15, -0.1) is 11.3 Å². The highest BCUT2D eigenvalue weighted by atomic mass is 32.1. The van der Waals surface area contributed by atoms with E-state index in [4.69, 9.17) is 5.10 Å². The van der Waals surface area contributed by atoms with Gasteiger partial charge in [-0.1, -0.05) is 18.2 Å². The highest BCUT2D eigenvalue weighted by Crippen LogP contribution is 2.42. The molecule has 6 heteroatoms. The Labute approximate surface area is 177 Å². The van der Waals surface area contributed by atoms with Gasteiger partial charge in [-0.3, -0.25) is 4.79 Å². The van der Waals surface area contributed by atoms with E-state index in [1.165, 1.54) is 27.3 Å². The van der Waals surface area contributed by atoms with Crippen LogP contribution in [0, 0.1) is 6.92 Å². The topological polar surface area (TPSA) is 46.9 Å². The molecule has 3 aromatic heterocycles. The van der Waals surface area contributed by atoms with Gasteiger partial charge in [-0.25, -0.2) is 4.68 Å². The highest BCUT2D eigenvalue weighted by molar-refractivity contribution is 7.17. The molecule has 0 saturated heterocycles. The van der Waals surface area contributed by atoms with Crippen molar-refractivity contribution in [1.29, 1.82) is 0 Å². The molecule has 0 radical (unpaired) electrons. The third-order valence-electron chi connectivity index (χ3n) is 5.33. The lowest BCUT2D eigenvalue weighted by Gasteiger charge is -2.14. The molecule has 0 aliphatic heterocycles. The summed E-state index contributed by atoms with van der Waals surface area (Å²) in [5.41, 5.74) is 7.10. The van der Waals surface area contributed by atoms with Crippen molar-refractivity contribution in [3.63, 3.8) is 0 Å². The molecule has 146 valence electrons. The Morgan fingerprint density at radius 2 is 2.07 bits per heavy atom. The lowest BCUT2D eigenvalue weighted by atomic mass is 9.95. The van der Waals surface area contributed by atoms with E-state index in [1.54, 1.807) is 22.7 Å². The number of fused-ring (bicyclic) bond motifs is 3. The summed E-state index contributed by atoms with van der Waals surface area (Å²) in [6.45, 7) is 2.72. The number of thiophene rings is 2. The summed E-state index contributed by atoms with van der Waals surface area (Å²) in [5, 5.41) is 12.1. The summed E-state index contributed by atoms with van der Waals surface area (Å²) < 4.78 is 2.06. The molecule has 0 atom stereocenters. The molecule has 4 aromatic rings. The molecule has 0 saturated carbocycles. The number of hydrogen-bond acceptors (Lipinski definition) is 4. The van der Waals surface area contributed by atoms with Crippen LogP contribution in [0.15, 0.2) is 53.2 Å². The molecular formula is C23H21N3OS2. The van der Waals surface area contributed by atoms with E-state index in [0.29, 0.717) is 6.54 Å². The Bertz CT molecular complexity index is 1160. The van der Waals surface area contributed by atoms with Crippen LogP contribution < -0.4 is 5.32 Å². The van der Waals surface area contributed by atoms with Gasteiger partial charge in [0, 0.05) is 17.0 Å². The summed E-state index contributed by atoms with van der Waals surface area (Å²) >= 11 is 3.28. The Morgan fingerprint density at radius 1 is 1.21 bits per heavy atom. The van der Waals surface area contributed by atoms with Gasteiger partial charge >= 0.3 is 0 Å². The molecule has 0 fully saturated rings. The fourth-order valence-electron chi connectivity index (χ4n) is 3.92. The Kier molecular flexibility index (Phi) is 4.81. The van der Waals surface area contributed by atoms with Crippen LogP contribution in [0.3, 0.4) is 0 Å². The summed E-state index contributed by atoms with van der Waals surface area (Å²) in [6, 6.07) is 14.4. The van der Waals surface area contributed by atoms with Crippen molar-refractivity contribution < 1.29 is 4.79 Å². The SMILES string of the molecule is Cc1nn(-c2ccccc2)c2c1-c1sc(C(=O)NCCc3ccsc3)cc1CC2. The van der Waals surface area contributed by atoms with Crippen LogP contribution in [0.2, 0.25) is 0 Å². The Morgan fingerprint density at radius 3 is 2.86 bits per heavy atom. The first-order valence-corrected chi connectivity index (χ1v) is 11.5. The molecule has 1 aliphatic rings. The van der Waals surface area contributed by atoms with Crippen molar-refractivity contribution in [3.05, 3.63) is 80.6 Å². The van der Waals surface area contributed by atoms with Crippen molar-refractivity contribution in [2.45, 2.75) is 26.2 Å². The minimum Gasteiger partial charge on any atom is -0.351 e. The lowest BCUT2D eigenvalue weighted by molar-refractivity contribution is 0.0958. The molecule has 5 rings (SSSR count). The van der Waals surface area contributed by atoms with E-state index in [-0.39, 0.29) is 5.91 Å². The van der Waals surface area contributed by atoms with E-state index in [1.807, 2.05) is 18.2 Å². The van der Waals surface area contributed by atoms with E-state index in [2.05, 4.69) is 51.9 Å². The number of carbonyl (C=O) groups is 1. The second kappa shape index (κ2) is 7.61. The van der Waals surface area contributed by atoms with Crippen LogP contribution in [0.25, 0.3) is 16.1 Å². The van der Waals surface area contributed by atoms with Crippen molar-refractivity contribution in [3.8, 4) is 16.1 Å². The predicted molar refractivity (Wildman–Crippen MR) is 119 cm³/mol. The molecule has 1 amide bonds. The van der Waals surface area contributed by atoms with Crippen molar-refractivity contribution in [2.24, 2.45) is 0 Å². The number of nitrogens with one attached hydrogen (secondary N) is 1. The van der Waals surface area contributed by atoms with Gasteiger partial charge in [0.05, 0.1) is 22.0 Å². The second-order valence-electron chi connectivity index (χ2n) is 7.26. The quantitative estimate of drug-likeness (QED) is 0.492. The summed E-state index contributed by atoms with van der Waals surface area (Å²) in [5.74, 6) is 0.0225. The highest BCUT2D eigenvalue weighted by Gasteiger charge is 2.27.